The van der Waals surface area contributed by atoms with E-state index in [1.54, 1.807) is 0 Å². The largest absolute Gasteiger partial charge is 1.00 e. The fraction of sp³-hybridized carbons (Fsp3) is 0.800. The molecule has 0 fully saturated rings. The van der Waals surface area contributed by atoms with Gasteiger partial charge in [0.2, 0.25) is 0 Å². The molecular weight excluding hydrogens is 327 g/mol. The minimum atomic E-state index is -1.39. The number of carbonyl (C=O) groups excluding carboxylic acids is 2. The van der Waals surface area contributed by atoms with Crippen molar-refractivity contribution in [2.45, 2.75) is 96.8 Å². The minimum Gasteiger partial charge on any atom is -0.545 e. The van der Waals surface area contributed by atoms with Gasteiger partial charge in [0.05, 0.1) is 12.6 Å². The fourth-order valence-corrected chi connectivity index (χ4v) is 2.65. The zero-order valence-corrected chi connectivity index (χ0v) is 18.4. The molecule has 25 heavy (non-hydrogen) atoms. The minimum absolute atomic E-state index is 0. The molecule has 0 aliphatic carbocycles. The average Bonchev–Trinajstić information content (AvgIpc) is 2.56. The number of hydrogen-bond acceptors (Lipinski definition) is 4. The van der Waals surface area contributed by atoms with Crippen molar-refractivity contribution < 1.29 is 49.0 Å². The Bertz CT molecular complexity index is 343. The summed E-state index contributed by atoms with van der Waals surface area (Å²) in [6.45, 7) is 2.61. The van der Waals surface area contributed by atoms with Gasteiger partial charge in [-0.2, -0.15) is 0 Å². The molecule has 0 aromatic rings. The molecule has 0 spiro atoms. The second-order valence-electron chi connectivity index (χ2n) is 6.42. The van der Waals surface area contributed by atoms with E-state index in [-0.39, 0.29) is 29.6 Å². The van der Waals surface area contributed by atoms with Crippen LogP contribution in [-0.2, 0) is 14.3 Å². The number of ether oxygens (including phenoxy) is 1. The van der Waals surface area contributed by atoms with E-state index in [2.05, 4.69) is 6.92 Å². The first kappa shape index (κ1) is 26.9. The van der Waals surface area contributed by atoms with Crippen LogP contribution in [0.2, 0.25) is 0 Å². The van der Waals surface area contributed by atoms with E-state index in [0.29, 0.717) is 12.7 Å². The topological polar surface area (TPSA) is 66.4 Å². The quantitative estimate of drug-likeness (QED) is 0.169. The van der Waals surface area contributed by atoms with Gasteiger partial charge in [-0.15, -0.1) is 0 Å². The Labute approximate surface area is 176 Å². The van der Waals surface area contributed by atoms with Gasteiger partial charge in [0.1, 0.15) is 0 Å². The summed E-state index contributed by atoms with van der Waals surface area (Å²) >= 11 is 0. The molecule has 0 heterocycles. The van der Waals surface area contributed by atoms with Crippen molar-refractivity contribution in [3.05, 3.63) is 12.2 Å². The molecule has 0 amide bonds. The number of carboxylic acids is 1. The number of rotatable bonds is 17. The summed E-state index contributed by atoms with van der Waals surface area (Å²) in [6, 6.07) is 0. The van der Waals surface area contributed by atoms with Gasteiger partial charge in [0.15, 0.2) is 0 Å². The maximum absolute atomic E-state index is 11.1. The van der Waals surface area contributed by atoms with Crippen molar-refractivity contribution in [3.8, 4) is 0 Å². The van der Waals surface area contributed by atoms with Crippen LogP contribution in [0.1, 0.15) is 96.8 Å². The molecule has 0 saturated heterocycles. The first-order valence-electron chi connectivity index (χ1n) is 9.72. The van der Waals surface area contributed by atoms with Crippen molar-refractivity contribution in [1.82, 2.24) is 0 Å². The Kier molecular flexibility index (Phi) is 23.4. The molecule has 0 radical (unpaired) electrons. The van der Waals surface area contributed by atoms with E-state index in [4.69, 9.17) is 4.74 Å². The monoisotopic (exact) mass is 362 g/mol. The van der Waals surface area contributed by atoms with E-state index in [1.807, 2.05) is 0 Å². The Morgan fingerprint density at radius 1 is 0.720 bits per heavy atom. The van der Waals surface area contributed by atoms with Crippen molar-refractivity contribution in [3.63, 3.8) is 0 Å². The van der Waals surface area contributed by atoms with Crippen LogP contribution in [0.15, 0.2) is 12.2 Å². The summed E-state index contributed by atoms with van der Waals surface area (Å²) in [5.41, 5.74) is 0. The van der Waals surface area contributed by atoms with Crippen LogP contribution in [0.25, 0.3) is 0 Å². The van der Waals surface area contributed by atoms with Crippen molar-refractivity contribution in [2.75, 3.05) is 6.61 Å². The number of hydrogen-bond donors (Lipinski definition) is 0. The molecule has 0 aromatic heterocycles. The van der Waals surface area contributed by atoms with Crippen LogP contribution < -0.4 is 34.7 Å². The molecule has 0 aliphatic heterocycles. The Balaban J connectivity index is 0. The summed E-state index contributed by atoms with van der Waals surface area (Å²) in [6.07, 6.45) is 19.5. The molecule has 0 aromatic carbocycles. The van der Waals surface area contributed by atoms with E-state index in [0.717, 1.165) is 18.9 Å². The Hall–Kier alpha value is -0.320. The van der Waals surface area contributed by atoms with Crippen molar-refractivity contribution in [1.29, 1.82) is 0 Å². The van der Waals surface area contributed by atoms with Gasteiger partial charge in [-0.1, -0.05) is 90.4 Å². The first-order chi connectivity index (χ1) is 11.7. The van der Waals surface area contributed by atoms with Crippen molar-refractivity contribution >= 4 is 11.9 Å². The molecule has 0 unspecified atom stereocenters. The average molecular weight is 362 g/mol. The zero-order chi connectivity index (χ0) is 17.9. The molecule has 0 aliphatic rings. The van der Waals surface area contributed by atoms with Crippen LogP contribution in [0.5, 0.6) is 0 Å². The van der Waals surface area contributed by atoms with Crippen LogP contribution in [0.4, 0.5) is 0 Å². The second kappa shape index (κ2) is 21.7. The molecule has 0 atom stereocenters. The van der Waals surface area contributed by atoms with Crippen LogP contribution in [0.3, 0.4) is 0 Å². The molecule has 0 saturated carbocycles. The smallest absolute Gasteiger partial charge is 0.545 e. The molecule has 0 N–H and O–H groups in total. The third-order valence-corrected chi connectivity index (χ3v) is 4.10. The van der Waals surface area contributed by atoms with E-state index in [9.17, 15) is 14.7 Å². The van der Waals surface area contributed by atoms with Crippen LogP contribution in [0, 0.1) is 0 Å². The van der Waals surface area contributed by atoms with Gasteiger partial charge in [0, 0.05) is 6.08 Å². The molecule has 140 valence electrons. The maximum atomic E-state index is 11.1. The predicted molar refractivity (Wildman–Crippen MR) is 95.4 cm³/mol. The predicted octanol–water partition coefficient (Wildman–Crippen LogP) is 1.32. The summed E-state index contributed by atoms with van der Waals surface area (Å²) in [4.78, 5) is 21.2. The van der Waals surface area contributed by atoms with E-state index < -0.39 is 11.9 Å². The van der Waals surface area contributed by atoms with E-state index in [1.165, 1.54) is 77.0 Å². The first-order valence-corrected chi connectivity index (χ1v) is 9.72. The number of esters is 1. The third-order valence-electron chi connectivity index (χ3n) is 4.10. The van der Waals surface area contributed by atoms with Crippen LogP contribution >= 0.6 is 0 Å². The molecule has 5 heteroatoms. The fourth-order valence-electron chi connectivity index (χ4n) is 2.65. The molecule has 0 bridgehead atoms. The number of carbonyl (C=O) groups is 2. The van der Waals surface area contributed by atoms with Crippen molar-refractivity contribution in [2.24, 2.45) is 0 Å². The summed E-state index contributed by atoms with van der Waals surface area (Å²) in [5, 5.41) is 10.1. The van der Waals surface area contributed by atoms with Gasteiger partial charge in [0.25, 0.3) is 0 Å². The molecular formula is C20H35NaO4. The SMILES string of the molecule is CCCCCCCCCCCCCCCCOC(=O)C=CC(=O)[O-].[Na+]. The summed E-state index contributed by atoms with van der Waals surface area (Å²) < 4.78 is 4.88. The summed E-state index contributed by atoms with van der Waals surface area (Å²) in [7, 11) is 0. The van der Waals surface area contributed by atoms with Crippen LogP contribution in [-0.4, -0.2) is 18.5 Å². The van der Waals surface area contributed by atoms with E-state index >= 15 is 0 Å². The second-order valence-corrected chi connectivity index (χ2v) is 6.42. The van der Waals surface area contributed by atoms with Gasteiger partial charge in [-0.05, 0) is 12.5 Å². The summed E-state index contributed by atoms with van der Waals surface area (Å²) in [5.74, 6) is -2.00. The Morgan fingerprint density at radius 2 is 1.12 bits per heavy atom. The molecule has 0 rings (SSSR count). The number of carboxylic acid groups (broad SMARTS) is 1. The standard InChI is InChI=1S/C20H36O4.Na/c1-2-3-4-5-6-7-8-9-10-11-12-13-14-15-18-24-20(23)17-16-19(21)22;/h16-17H,2-15,18H2,1H3,(H,21,22);/q;+1/p-1. The third kappa shape index (κ3) is 23.7. The maximum Gasteiger partial charge on any atom is 1.00 e. The van der Waals surface area contributed by atoms with Gasteiger partial charge in [-0.25, -0.2) is 4.79 Å². The number of unbranched alkanes of at least 4 members (excludes halogenated alkanes) is 13. The van der Waals surface area contributed by atoms with Gasteiger partial charge >= 0.3 is 35.5 Å². The molecule has 4 nitrogen and oxygen atoms in total. The van der Waals surface area contributed by atoms with Gasteiger partial charge < -0.3 is 14.6 Å². The normalized spacial score (nSPS) is 10.6. The number of aliphatic carboxylic acids is 1. The van der Waals surface area contributed by atoms with Gasteiger partial charge in [-0.3, -0.25) is 0 Å². The Morgan fingerprint density at radius 3 is 1.52 bits per heavy atom. The zero-order valence-electron chi connectivity index (χ0n) is 16.4.